The molecule has 166 valence electrons. The van der Waals surface area contributed by atoms with Gasteiger partial charge in [-0.1, -0.05) is 73.3 Å². The largest absolute Gasteiger partial charge is 0.513 e. The highest BCUT2D eigenvalue weighted by molar-refractivity contribution is 6.01. The summed E-state index contributed by atoms with van der Waals surface area (Å²) in [6, 6.07) is 25.5. The third kappa shape index (κ3) is 6.91. The molecule has 0 aliphatic carbocycles. The number of allylic oxidation sites excluding steroid dienone is 1. The average molecular weight is 432 g/mol. The molecule has 0 saturated carbocycles. The molecule has 3 aromatic carbocycles. The van der Waals surface area contributed by atoms with Gasteiger partial charge in [0.25, 0.3) is 0 Å². The number of ether oxygens (including phenoxy) is 2. The summed E-state index contributed by atoms with van der Waals surface area (Å²) in [5.41, 5.74) is 3.86. The first kappa shape index (κ1) is 22.9. The summed E-state index contributed by atoms with van der Waals surface area (Å²) < 4.78 is 11.8. The van der Waals surface area contributed by atoms with Gasteiger partial charge in [-0.15, -0.1) is 0 Å². The second-order valence-corrected chi connectivity index (χ2v) is 7.55. The Morgan fingerprint density at radius 3 is 2.16 bits per heavy atom. The summed E-state index contributed by atoms with van der Waals surface area (Å²) in [4.78, 5) is 4.95. The quantitative estimate of drug-likeness (QED) is 0.221. The highest BCUT2D eigenvalue weighted by Crippen LogP contribution is 2.24. The third-order valence-corrected chi connectivity index (χ3v) is 5.00. The summed E-state index contributed by atoms with van der Waals surface area (Å²) in [7, 11) is 1.53. The van der Waals surface area contributed by atoms with Crippen LogP contribution in [0.15, 0.2) is 96.4 Å². The third-order valence-electron chi connectivity index (χ3n) is 5.00. The monoisotopic (exact) mass is 431 g/mol. The molecule has 5 heteroatoms. The van der Waals surface area contributed by atoms with Crippen LogP contribution in [-0.2, 0) is 11.4 Å². The lowest BCUT2D eigenvalue weighted by atomic mass is 9.97. The van der Waals surface area contributed by atoms with Crippen LogP contribution >= 0.6 is 0 Å². The maximum absolute atomic E-state index is 9.37. The second kappa shape index (κ2) is 11.6. The molecule has 32 heavy (non-hydrogen) atoms. The van der Waals surface area contributed by atoms with E-state index in [1.54, 1.807) is 0 Å². The van der Waals surface area contributed by atoms with Crippen LogP contribution in [0.5, 0.6) is 11.5 Å². The zero-order chi connectivity index (χ0) is 22.8. The van der Waals surface area contributed by atoms with Crippen LogP contribution < -0.4 is 9.47 Å². The fraction of sp³-hybridized carbons (Fsp3) is 0.222. The minimum Gasteiger partial charge on any atom is -0.513 e. The van der Waals surface area contributed by atoms with Gasteiger partial charge in [0, 0.05) is 12.0 Å². The summed E-state index contributed by atoms with van der Waals surface area (Å²) in [5, 5.41) is 13.4. The Balaban J connectivity index is 1.51. The van der Waals surface area contributed by atoms with E-state index in [1.165, 1.54) is 7.11 Å². The molecule has 0 radical (unpaired) electrons. The van der Waals surface area contributed by atoms with Gasteiger partial charge in [-0.25, -0.2) is 0 Å². The zero-order valence-electron chi connectivity index (χ0n) is 18.5. The van der Waals surface area contributed by atoms with Crippen LogP contribution in [0.4, 0.5) is 0 Å². The predicted molar refractivity (Wildman–Crippen MR) is 127 cm³/mol. The fourth-order valence-corrected chi connectivity index (χ4v) is 3.27. The predicted octanol–water partition coefficient (Wildman–Crippen LogP) is 6.26. The van der Waals surface area contributed by atoms with Crippen molar-refractivity contribution in [2.24, 2.45) is 5.16 Å². The van der Waals surface area contributed by atoms with Crippen LogP contribution in [0.25, 0.3) is 0 Å². The van der Waals surface area contributed by atoms with Gasteiger partial charge in [-0.3, -0.25) is 0 Å². The Hall–Kier alpha value is -3.73. The molecule has 0 saturated heterocycles. The lowest BCUT2D eigenvalue weighted by molar-refractivity contribution is 0.210. The molecule has 3 rings (SSSR count). The molecule has 0 spiro atoms. The minimum atomic E-state index is 0.201. The number of hydrogen-bond donors (Lipinski definition) is 1. The number of aliphatic hydroxyl groups excluding tert-OH is 1. The Labute approximate surface area is 189 Å². The van der Waals surface area contributed by atoms with Crippen molar-refractivity contribution in [3.05, 3.63) is 108 Å². The van der Waals surface area contributed by atoms with Crippen molar-refractivity contribution in [3.8, 4) is 11.5 Å². The molecule has 0 amide bonds. The molecule has 0 fully saturated rings. The van der Waals surface area contributed by atoms with Crippen LogP contribution in [0, 0.1) is 0 Å². The van der Waals surface area contributed by atoms with E-state index in [1.807, 2.05) is 78.9 Å². The van der Waals surface area contributed by atoms with Gasteiger partial charge >= 0.3 is 0 Å². The number of hydrogen-bond acceptors (Lipinski definition) is 5. The van der Waals surface area contributed by atoms with Gasteiger partial charge in [0.15, 0.2) is 0 Å². The fourth-order valence-electron chi connectivity index (χ4n) is 3.27. The lowest BCUT2D eigenvalue weighted by Crippen LogP contribution is -2.13. The van der Waals surface area contributed by atoms with E-state index < -0.39 is 0 Å². The van der Waals surface area contributed by atoms with Crippen LogP contribution in [0.2, 0.25) is 0 Å². The van der Waals surface area contributed by atoms with Crippen LogP contribution in [-0.4, -0.2) is 24.5 Å². The molecular weight excluding hydrogens is 402 g/mol. The van der Waals surface area contributed by atoms with Crippen molar-refractivity contribution in [2.75, 3.05) is 13.7 Å². The number of nitrogens with zero attached hydrogens (tertiary/aromatic N) is 1. The number of aliphatic hydroxyl groups is 1. The first-order chi connectivity index (χ1) is 15.5. The average Bonchev–Trinajstić information content (AvgIpc) is 2.81. The first-order valence-corrected chi connectivity index (χ1v) is 10.5. The maximum atomic E-state index is 9.37. The van der Waals surface area contributed by atoms with E-state index in [2.05, 4.69) is 18.7 Å². The highest BCUT2D eigenvalue weighted by Gasteiger charge is 2.08. The molecule has 0 heterocycles. The van der Waals surface area contributed by atoms with Crippen molar-refractivity contribution in [1.29, 1.82) is 0 Å². The Morgan fingerprint density at radius 2 is 1.53 bits per heavy atom. The van der Waals surface area contributed by atoms with Gasteiger partial charge in [0.1, 0.15) is 37.5 Å². The molecule has 5 nitrogen and oxygen atoms in total. The van der Waals surface area contributed by atoms with E-state index in [0.717, 1.165) is 33.9 Å². The molecular formula is C27H29NO4. The van der Waals surface area contributed by atoms with E-state index in [-0.39, 0.29) is 11.7 Å². The highest BCUT2D eigenvalue weighted by atomic mass is 16.6. The summed E-state index contributed by atoms with van der Waals surface area (Å²) in [6.45, 7) is 6.39. The molecule has 1 unspecified atom stereocenters. The van der Waals surface area contributed by atoms with Crippen molar-refractivity contribution in [2.45, 2.75) is 25.9 Å². The molecule has 1 atom stereocenters. The smallest absolute Gasteiger partial charge is 0.134 e. The van der Waals surface area contributed by atoms with Crippen molar-refractivity contribution < 1.29 is 19.4 Å². The Bertz CT molecular complexity index is 1010. The van der Waals surface area contributed by atoms with Gasteiger partial charge in [0.05, 0.1) is 5.76 Å². The van der Waals surface area contributed by atoms with E-state index >= 15 is 0 Å². The SMILES string of the molecule is C=C(O)CC(C)c1ccc(OCc2ccc(OC/C(=N\OC)c3ccccc3)cc2)cc1. The second-order valence-electron chi connectivity index (χ2n) is 7.55. The normalized spacial score (nSPS) is 12.1. The van der Waals surface area contributed by atoms with Crippen molar-refractivity contribution in [3.63, 3.8) is 0 Å². The Kier molecular flexibility index (Phi) is 8.32. The molecule has 1 N–H and O–H groups in total. The molecule has 3 aromatic rings. The lowest BCUT2D eigenvalue weighted by Gasteiger charge is -2.12. The van der Waals surface area contributed by atoms with Gasteiger partial charge in [-0.05, 0) is 41.3 Å². The molecule has 0 aliphatic rings. The minimum absolute atomic E-state index is 0.201. The van der Waals surface area contributed by atoms with E-state index in [9.17, 15) is 5.11 Å². The number of benzene rings is 3. The summed E-state index contributed by atoms with van der Waals surface area (Å²) >= 11 is 0. The Morgan fingerprint density at radius 1 is 0.906 bits per heavy atom. The first-order valence-electron chi connectivity index (χ1n) is 10.5. The van der Waals surface area contributed by atoms with Gasteiger partial charge < -0.3 is 19.4 Å². The van der Waals surface area contributed by atoms with Crippen LogP contribution in [0.3, 0.4) is 0 Å². The molecule has 0 bridgehead atoms. The maximum Gasteiger partial charge on any atom is 0.134 e. The number of oxime groups is 1. The standard InChI is InChI=1S/C27H29NO4/c1-20(17-21(2)29)23-11-15-26(16-12-23)31-18-22-9-13-25(14-10-22)32-19-27(28-30-3)24-7-5-4-6-8-24/h4-16,20,29H,2,17-19H2,1,3H3/b28-27+. The molecule has 0 aliphatic heterocycles. The van der Waals surface area contributed by atoms with E-state index in [0.29, 0.717) is 19.6 Å². The van der Waals surface area contributed by atoms with Crippen molar-refractivity contribution in [1.82, 2.24) is 0 Å². The van der Waals surface area contributed by atoms with E-state index in [4.69, 9.17) is 14.3 Å². The van der Waals surface area contributed by atoms with Crippen molar-refractivity contribution >= 4 is 5.71 Å². The summed E-state index contributed by atoms with van der Waals surface area (Å²) in [6.07, 6.45) is 0.554. The van der Waals surface area contributed by atoms with Gasteiger partial charge in [-0.2, -0.15) is 0 Å². The zero-order valence-corrected chi connectivity index (χ0v) is 18.5. The molecule has 0 aromatic heterocycles. The summed E-state index contributed by atoms with van der Waals surface area (Å²) in [5.74, 6) is 1.96. The van der Waals surface area contributed by atoms with Gasteiger partial charge in [0.2, 0.25) is 0 Å². The number of rotatable bonds is 11. The van der Waals surface area contributed by atoms with Crippen LogP contribution in [0.1, 0.15) is 36.0 Å². The topological polar surface area (TPSA) is 60.3 Å².